The Labute approximate surface area is 104 Å². The minimum Gasteiger partial charge on any atom is -0.480 e. The lowest BCUT2D eigenvalue weighted by atomic mass is 10.0. The molecule has 6 heteroatoms. The zero-order valence-corrected chi connectivity index (χ0v) is 10.1. The van der Waals surface area contributed by atoms with Crippen molar-refractivity contribution >= 4 is 17.6 Å². The van der Waals surface area contributed by atoms with Gasteiger partial charge in [0.2, 0.25) is 0 Å². The first-order valence-electron chi connectivity index (χ1n) is 5.62. The average molecular weight is 256 g/mol. The topological polar surface area (TPSA) is 66.3 Å². The molecule has 2 heterocycles. The van der Waals surface area contributed by atoms with E-state index in [0.717, 1.165) is 25.1 Å². The Morgan fingerprint density at radius 2 is 2.29 bits per heavy atom. The molecule has 0 radical (unpaired) electrons. The van der Waals surface area contributed by atoms with Crippen molar-refractivity contribution in [1.82, 2.24) is 15.1 Å². The van der Waals surface area contributed by atoms with Gasteiger partial charge in [0.15, 0.2) is 5.15 Å². The standard InChI is InChI=1S/C11H14ClN3O2/c12-10-5-4-8(13-14-10)7-15-6-2-1-3-9(15)11(16)17/h4-5,9H,1-3,6-7H2,(H,16,17)/t9-/m1/s1. The first-order valence-corrected chi connectivity index (χ1v) is 5.99. The molecular weight excluding hydrogens is 242 g/mol. The van der Waals surface area contributed by atoms with Gasteiger partial charge in [-0.25, -0.2) is 0 Å². The van der Waals surface area contributed by atoms with E-state index in [1.54, 1.807) is 12.1 Å². The van der Waals surface area contributed by atoms with Crippen LogP contribution in [0.1, 0.15) is 25.0 Å². The first kappa shape index (κ1) is 12.3. The number of hydrogen-bond acceptors (Lipinski definition) is 4. The number of nitrogens with zero attached hydrogens (tertiary/aromatic N) is 3. The summed E-state index contributed by atoms with van der Waals surface area (Å²) in [5.41, 5.74) is 0.752. The predicted octanol–water partition coefficient (Wildman–Crippen LogP) is 1.57. The Bertz CT molecular complexity index is 396. The molecule has 0 aliphatic carbocycles. The smallest absolute Gasteiger partial charge is 0.320 e. The molecule has 1 aliphatic rings. The normalized spacial score (nSPS) is 21.4. The highest BCUT2D eigenvalue weighted by molar-refractivity contribution is 6.29. The molecule has 1 aromatic heterocycles. The van der Waals surface area contributed by atoms with Crippen LogP contribution in [0.5, 0.6) is 0 Å². The minimum atomic E-state index is -0.758. The number of rotatable bonds is 3. The Hall–Kier alpha value is -1.20. The van der Waals surface area contributed by atoms with Gasteiger partial charge in [-0.15, -0.1) is 5.10 Å². The van der Waals surface area contributed by atoms with Crippen molar-refractivity contribution in [2.45, 2.75) is 31.8 Å². The van der Waals surface area contributed by atoms with Gasteiger partial charge in [-0.3, -0.25) is 9.69 Å². The fraction of sp³-hybridized carbons (Fsp3) is 0.545. The SMILES string of the molecule is O=C(O)[C@H]1CCCCN1Cc1ccc(Cl)nn1. The predicted molar refractivity (Wildman–Crippen MR) is 62.7 cm³/mol. The van der Waals surface area contributed by atoms with Crippen LogP contribution in [0, 0.1) is 0 Å². The maximum absolute atomic E-state index is 11.1. The molecule has 1 atom stereocenters. The van der Waals surface area contributed by atoms with E-state index in [-0.39, 0.29) is 0 Å². The van der Waals surface area contributed by atoms with Crippen LogP contribution in [0.15, 0.2) is 12.1 Å². The zero-order chi connectivity index (χ0) is 12.3. The van der Waals surface area contributed by atoms with E-state index < -0.39 is 12.0 Å². The van der Waals surface area contributed by atoms with E-state index in [0.29, 0.717) is 18.1 Å². The number of piperidine rings is 1. The molecule has 1 aliphatic heterocycles. The number of carbonyl (C=O) groups is 1. The number of hydrogen-bond donors (Lipinski definition) is 1. The molecule has 1 fully saturated rings. The van der Waals surface area contributed by atoms with Gasteiger partial charge >= 0.3 is 5.97 Å². The van der Waals surface area contributed by atoms with Gasteiger partial charge < -0.3 is 5.11 Å². The van der Waals surface area contributed by atoms with Crippen molar-refractivity contribution in [3.8, 4) is 0 Å². The summed E-state index contributed by atoms with van der Waals surface area (Å²) < 4.78 is 0. The molecule has 5 nitrogen and oxygen atoms in total. The average Bonchev–Trinajstić information content (AvgIpc) is 2.32. The summed E-state index contributed by atoms with van der Waals surface area (Å²) in [6.45, 7) is 1.31. The Morgan fingerprint density at radius 1 is 1.47 bits per heavy atom. The summed E-state index contributed by atoms with van der Waals surface area (Å²) in [5.74, 6) is -0.758. The second-order valence-electron chi connectivity index (χ2n) is 4.17. The van der Waals surface area contributed by atoms with Crippen LogP contribution in [0.3, 0.4) is 0 Å². The van der Waals surface area contributed by atoms with E-state index in [1.165, 1.54) is 0 Å². The quantitative estimate of drug-likeness (QED) is 0.888. The fourth-order valence-corrected chi connectivity index (χ4v) is 2.20. The van der Waals surface area contributed by atoms with Crippen LogP contribution < -0.4 is 0 Å². The molecule has 0 bridgehead atoms. The van der Waals surface area contributed by atoms with Crippen molar-refractivity contribution in [2.24, 2.45) is 0 Å². The van der Waals surface area contributed by atoms with Crippen LogP contribution in [-0.4, -0.2) is 38.8 Å². The van der Waals surface area contributed by atoms with Gasteiger partial charge in [-0.05, 0) is 31.5 Å². The molecule has 17 heavy (non-hydrogen) atoms. The maximum atomic E-state index is 11.1. The fourth-order valence-electron chi connectivity index (χ4n) is 2.10. The summed E-state index contributed by atoms with van der Waals surface area (Å²) in [7, 11) is 0. The second-order valence-corrected chi connectivity index (χ2v) is 4.55. The van der Waals surface area contributed by atoms with Gasteiger partial charge in [-0.1, -0.05) is 18.0 Å². The van der Waals surface area contributed by atoms with E-state index in [2.05, 4.69) is 10.2 Å². The van der Waals surface area contributed by atoms with Gasteiger partial charge in [0.1, 0.15) is 6.04 Å². The maximum Gasteiger partial charge on any atom is 0.320 e. The van der Waals surface area contributed by atoms with Crippen LogP contribution in [0.25, 0.3) is 0 Å². The highest BCUT2D eigenvalue weighted by Gasteiger charge is 2.28. The Kier molecular flexibility index (Phi) is 3.91. The van der Waals surface area contributed by atoms with Crippen molar-refractivity contribution in [3.05, 3.63) is 23.0 Å². The number of aromatic nitrogens is 2. The second kappa shape index (κ2) is 5.42. The van der Waals surface area contributed by atoms with Crippen molar-refractivity contribution in [3.63, 3.8) is 0 Å². The van der Waals surface area contributed by atoms with E-state index in [1.807, 2.05) is 4.90 Å². The number of carboxylic acid groups (broad SMARTS) is 1. The van der Waals surface area contributed by atoms with Gasteiger partial charge in [0, 0.05) is 6.54 Å². The zero-order valence-electron chi connectivity index (χ0n) is 9.34. The lowest BCUT2D eigenvalue weighted by Gasteiger charge is -2.32. The van der Waals surface area contributed by atoms with Crippen LogP contribution in [-0.2, 0) is 11.3 Å². The molecule has 1 aromatic rings. The highest BCUT2D eigenvalue weighted by atomic mass is 35.5. The van der Waals surface area contributed by atoms with Gasteiger partial charge in [0.05, 0.1) is 5.69 Å². The van der Waals surface area contributed by atoms with E-state index in [4.69, 9.17) is 16.7 Å². The van der Waals surface area contributed by atoms with Crippen LogP contribution in [0.2, 0.25) is 5.15 Å². The summed E-state index contributed by atoms with van der Waals surface area (Å²) in [4.78, 5) is 13.0. The summed E-state index contributed by atoms with van der Waals surface area (Å²) >= 11 is 5.65. The summed E-state index contributed by atoms with van der Waals surface area (Å²) in [6, 6.07) is 3.05. The molecular formula is C11H14ClN3O2. The number of halogens is 1. The third-order valence-corrected chi connectivity index (χ3v) is 3.15. The molecule has 1 N–H and O–H groups in total. The lowest BCUT2D eigenvalue weighted by molar-refractivity contribution is -0.144. The van der Waals surface area contributed by atoms with E-state index in [9.17, 15) is 4.79 Å². The number of likely N-dealkylation sites (tertiary alicyclic amines) is 1. The molecule has 0 unspecified atom stereocenters. The van der Waals surface area contributed by atoms with E-state index >= 15 is 0 Å². The molecule has 0 spiro atoms. The largest absolute Gasteiger partial charge is 0.480 e. The van der Waals surface area contributed by atoms with Crippen molar-refractivity contribution < 1.29 is 9.90 Å². The van der Waals surface area contributed by atoms with Crippen LogP contribution in [0.4, 0.5) is 0 Å². The van der Waals surface area contributed by atoms with Crippen molar-refractivity contribution in [1.29, 1.82) is 0 Å². The molecule has 0 saturated carbocycles. The molecule has 2 rings (SSSR count). The molecule has 1 saturated heterocycles. The highest BCUT2D eigenvalue weighted by Crippen LogP contribution is 2.19. The summed E-state index contributed by atoms with van der Waals surface area (Å²) in [5, 5.41) is 17.2. The van der Waals surface area contributed by atoms with Gasteiger partial charge in [0.25, 0.3) is 0 Å². The number of carboxylic acids is 1. The van der Waals surface area contributed by atoms with Crippen LogP contribution >= 0.6 is 11.6 Å². The third-order valence-electron chi connectivity index (χ3n) is 2.95. The lowest BCUT2D eigenvalue weighted by Crippen LogP contribution is -2.44. The Morgan fingerprint density at radius 3 is 2.94 bits per heavy atom. The van der Waals surface area contributed by atoms with Crippen molar-refractivity contribution in [2.75, 3.05) is 6.54 Å². The number of aliphatic carboxylic acids is 1. The Balaban J connectivity index is 2.05. The van der Waals surface area contributed by atoms with Gasteiger partial charge in [-0.2, -0.15) is 5.10 Å². The molecule has 0 amide bonds. The molecule has 0 aromatic carbocycles. The first-order chi connectivity index (χ1) is 8.16. The summed E-state index contributed by atoms with van der Waals surface area (Å²) in [6.07, 6.45) is 2.71. The monoisotopic (exact) mass is 255 g/mol. The molecule has 92 valence electrons. The minimum absolute atomic E-state index is 0.349. The third kappa shape index (κ3) is 3.14.